The Morgan fingerprint density at radius 1 is 1.25 bits per heavy atom. The molecule has 0 saturated carbocycles. The van der Waals surface area contributed by atoms with E-state index in [0.29, 0.717) is 0 Å². The van der Waals surface area contributed by atoms with Gasteiger partial charge >= 0.3 is 110 Å². The smallest absolute Gasteiger partial charge is 1.00 e. The Morgan fingerprint density at radius 3 is 1.25 bits per heavy atom. The first-order chi connectivity index (χ1) is 0. The van der Waals surface area contributed by atoms with Crippen LogP contribution >= 0.6 is 0 Å². The second-order valence-corrected chi connectivity index (χ2v) is 0. The minimum absolute atomic E-state index is 0. The maximum Gasteiger partial charge on any atom is 2.00 e. The third kappa shape index (κ3) is 9.26. The molecule has 0 atom stereocenters. The van der Waals surface area contributed by atoms with Gasteiger partial charge in [-0.15, -0.1) is 0 Å². The molecule has 0 aromatic rings. The fourth-order valence-electron chi connectivity index (χ4n) is 0. The SMILES string of the molecule is [Ba+2].[Ca+2].[H-].[H-].[H-].[H-].[H-].[H-].[Mg+2].[SiH4]. The third-order valence-electron chi connectivity index (χ3n) is 0. The Kier molecular flexibility index (Phi) is 98.7. The predicted octanol–water partition coefficient (Wildman–Crippen LogP) is -1.92. The summed E-state index contributed by atoms with van der Waals surface area (Å²) in [6.07, 6.45) is 0. The van der Waals surface area contributed by atoms with Crippen molar-refractivity contribution in [1.29, 1.82) is 0 Å². The van der Waals surface area contributed by atoms with Crippen molar-refractivity contribution in [3.05, 3.63) is 0 Å². The van der Waals surface area contributed by atoms with Crippen molar-refractivity contribution in [2.75, 3.05) is 0 Å². The Balaban J connectivity index is 0. The van der Waals surface area contributed by atoms with E-state index < -0.39 is 0 Å². The first-order valence-electron chi connectivity index (χ1n) is 0. The molecule has 0 aromatic heterocycles. The van der Waals surface area contributed by atoms with Crippen molar-refractivity contribution < 1.29 is 8.56 Å². The van der Waals surface area contributed by atoms with Gasteiger partial charge in [0.1, 0.15) is 0 Å². The normalized spacial score (nSPS) is 0. The van der Waals surface area contributed by atoms with Gasteiger partial charge in [0.05, 0.1) is 0 Å². The van der Waals surface area contributed by atoms with Gasteiger partial charge in [-0.25, -0.2) is 0 Å². The fraction of sp³-hybridized carbons (Fsp3) is 0. The quantitative estimate of drug-likeness (QED) is 0.433. The molecule has 0 heterocycles. The monoisotopic (exact) mass is 240 g/mol. The van der Waals surface area contributed by atoms with Gasteiger partial charge in [-0.1, -0.05) is 0 Å². The summed E-state index contributed by atoms with van der Waals surface area (Å²) in [5.41, 5.74) is 0. The average Bonchev–Trinajstić information content (AvgIpc) is 0. The van der Waals surface area contributed by atoms with Gasteiger partial charge in [-0.2, -0.15) is 0 Å². The van der Waals surface area contributed by atoms with Crippen molar-refractivity contribution in [3.63, 3.8) is 0 Å². The van der Waals surface area contributed by atoms with Gasteiger partial charge in [0.15, 0.2) is 0 Å². The summed E-state index contributed by atoms with van der Waals surface area (Å²) in [6, 6.07) is 0. The summed E-state index contributed by atoms with van der Waals surface area (Å²) >= 11 is 0. The number of hydrogen-bond donors (Lipinski definition) is 0. The van der Waals surface area contributed by atoms with E-state index in [1.165, 1.54) is 0 Å². The van der Waals surface area contributed by atoms with Crippen LogP contribution in [0.5, 0.6) is 0 Å². The van der Waals surface area contributed by atoms with E-state index in [9.17, 15) is 0 Å². The summed E-state index contributed by atoms with van der Waals surface area (Å²) in [5.74, 6) is 0. The van der Waals surface area contributed by atoms with Crippen LogP contribution < -0.4 is 0 Å². The second kappa shape index (κ2) is 15.8. The van der Waals surface area contributed by atoms with E-state index in [1.807, 2.05) is 0 Å². The van der Waals surface area contributed by atoms with Crippen molar-refractivity contribution in [2.24, 2.45) is 0 Å². The summed E-state index contributed by atoms with van der Waals surface area (Å²) in [4.78, 5) is 0. The van der Waals surface area contributed by atoms with Crippen molar-refractivity contribution in [3.8, 4) is 0 Å². The van der Waals surface area contributed by atoms with Crippen LogP contribution in [0.4, 0.5) is 0 Å². The van der Waals surface area contributed by atoms with Crippen molar-refractivity contribution in [1.82, 2.24) is 0 Å². The molecular weight excluding hydrogens is 230 g/mol. The van der Waals surface area contributed by atoms with E-state index in [1.54, 1.807) is 0 Å². The van der Waals surface area contributed by atoms with Crippen molar-refractivity contribution in [2.45, 2.75) is 0 Å². The molecule has 0 bridgehead atoms. The predicted molar refractivity (Wildman–Crippen MR) is 35.3 cm³/mol. The largest absolute Gasteiger partial charge is 2.00 e. The van der Waals surface area contributed by atoms with Crippen LogP contribution in [0.15, 0.2) is 0 Å². The minimum Gasteiger partial charge on any atom is -1.00 e. The molecule has 0 unspecified atom stereocenters. The molecule has 0 nitrogen and oxygen atoms in total. The molecule has 0 aliphatic rings. The minimum atomic E-state index is 0. The van der Waals surface area contributed by atoms with Crippen LogP contribution in [0.3, 0.4) is 0 Å². The topological polar surface area (TPSA) is 0 Å². The van der Waals surface area contributed by atoms with Crippen LogP contribution in [0.1, 0.15) is 8.56 Å². The molecule has 0 spiro atoms. The summed E-state index contributed by atoms with van der Waals surface area (Å²) < 4.78 is 0. The molecule has 0 aromatic carbocycles. The molecule has 0 aliphatic carbocycles. The number of hydrogen-bond acceptors (Lipinski definition) is 0. The van der Waals surface area contributed by atoms with Crippen LogP contribution in [0.2, 0.25) is 0 Å². The average molecular weight is 240 g/mol. The molecule has 4 heteroatoms. The molecule has 0 fully saturated rings. The van der Waals surface area contributed by atoms with Gasteiger partial charge in [-0.05, 0) is 11.0 Å². The molecule has 4 heavy (non-hydrogen) atoms. The molecular formula is H10BaCaMgSi. The van der Waals surface area contributed by atoms with Crippen LogP contribution in [-0.2, 0) is 0 Å². The Hall–Kier alpha value is 3.81. The van der Waals surface area contributed by atoms with Crippen molar-refractivity contribution >= 4 is 121 Å². The van der Waals surface area contributed by atoms with E-state index in [2.05, 4.69) is 0 Å². The summed E-state index contributed by atoms with van der Waals surface area (Å²) in [7, 11) is 0. The molecule has 0 radical (unpaired) electrons. The van der Waals surface area contributed by atoms with Gasteiger partial charge < -0.3 is 8.56 Å². The van der Waals surface area contributed by atoms with Crippen LogP contribution in [0.25, 0.3) is 0 Å². The summed E-state index contributed by atoms with van der Waals surface area (Å²) in [6.45, 7) is 0. The maximum atomic E-state index is 0. The molecule has 20 valence electrons. The van der Waals surface area contributed by atoms with Gasteiger partial charge in [0, 0.05) is 0 Å². The molecule has 0 N–H and O–H groups in total. The first kappa shape index (κ1) is 24.9. The molecule has 0 rings (SSSR count). The van der Waals surface area contributed by atoms with Gasteiger partial charge in [-0.3, -0.25) is 0 Å². The van der Waals surface area contributed by atoms with Gasteiger partial charge in [0.2, 0.25) is 0 Å². The molecule has 0 saturated heterocycles. The Bertz CT molecular complexity index is 17.7. The van der Waals surface area contributed by atoms with E-state index in [-0.39, 0.29) is 129 Å². The fourth-order valence-corrected chi connectivity index (χ4v) is 0. The first-order valence-corrected chi connectivity index (χ1v) is 0. The number of rotatable bonds is 0. The zero-order chi connectivity index (χ0) is 0. The Labute approximate surface area is 126 Å². The van der Waals surface area contributed by atoms with E-state index in [0.717, 1.165) is 0 Å². The molecule has 0 amide bonds. The standard InChI is InChI=1S/Ba.Ca.Mg.H4Si.6H/h;;;1H4;;;;;;/q3*+2;;6*-1. The maximum absolute atomic E-state index is 0. The summed E-state index contributed by atoms with van der Waals surface area (Å²) in [5, 5.41) is 0. The van der Waals surface area contributed by atoms with E-state index >= 15 is 0 Å². The van der Waals surface area contributed by atoms with E-state index in [4.69, 9.17) is 0 Å². The second-order valence-electron chi connectivity index (χ2n) is 0. The zero-order valence-corrected chi connectivity index (χ0v) is 10.2. The van der Waals surface area contributed by atoms with Gasteiger partial charge in [0.25, 0.3) is 0 Å². The zero-order valence-electron chi connectivity index (χ0n) is 8.12. The Morgan fingerprint density at radius 2 is 1.25 bits per heavy atom. The molecule has 0 aliphatic heterocycles. The van der Waals surface area contributed by atoms with Crippen LogP contribution in [0, 0.1) is 0 Å². The third-order valence-corrected chi connectivity index (χ3v) is 0. The van der Waals surface area contributed by atoms with Crippen LogP contribution in [-0.4, -0.2) is 121 Å².